The van der Waals surface area contributed by atoms with Gasteiger partial charge >= 0.3 is 0 Å². The molecule has 0 atom stereocenters. The van der Waals surface area contributed by atoms with Crippen LogP contribution in [0, 0.1) is 0 Å². The third-order valence-corrected chi connectivity index (χ3v) is 0.901. The van der Waals surface area contributed by atoms with Crippen LogP contribution in [-0.2, 0) is 0 Å². The van der Waals surface area contributed by atoms with Gasteiger partial charge in [-0.1, -0.05) is 11.3 Å². The van der Waals surface area contributed by atoms with Crippen LogP contribution >= 0.6 is 0 Å². The van der Waals surface area contributed by atoms with Crippen molar-refractivity contribution in [2.75, 3.05) is 0 Å². The molecule has 0 heterocycles. The molecular formula is C4H9Si. The molecule has 0 N–H and O–H groups in total. The van der Waals surface area contributed by atoms with E-state index in [1.165, 1.54) is 5.20 Å². The zero-order chi connectivity index (χ0) is 4.28. The molecule has 29 valence electrons. The van der Waals surface area contributed by atoms with Crippen LogP contribution in [0.5, 0.6) is 0 Å². The summed E-state index contributed by atoms with van der Waals surface area (Å²) in [4.78, 5) is 0. The highest BCUT2D eigenvalue weighted by atomic mass is 28.1. The third kappa shape index (κ3) is 3.96. The molecule has 0 saturated carbocycles. The molecule has 0 aliphatic carbocycles. The maximum Gasteiger partial charge on any atom is 0.0414 e. The van der Waals surface area contributed by atoms with Crippen molar-refractivity contribution in [1.29, 1.82) is 0 Å². The van der Waals surface area contributed by atoms with E-state index in [9.17, 15) is 0 Å². The Bertz CT molecular complexity index is 41.6. The monoisotopic (exact) mass is 85.0 g/mol. The summed E-state index contributed by atoms with van der Waals surface area (Å²) in [5.41, 5.74) is 0. The van der Waals surface area contributed by atoms with Crippen LogP contribution in [0.2, 0.25) is 0 Å². The fourth-order valence-corrected chi connectivity index (χ4v) is 0. The molecule has 0 fully saturated rings. The van der Waals surface area contributed by atoms with Crippen LogP contribution in [0.15, 0.2) is 11.3 Å². The summed E-state index contributed by atoms with van der Waals surface area (Å²) in [5, 5.41) is 1.41. The van der Waals surface area contributed by atoms with Gasteiger partial charge in [0, 0.05) is 10.2 Å². The summed E-state index contributed by atoms with van der Waals surface area (Å²) in [5.74, 6) is 0. The molecular weight excluding hydrogens is 76.1 g/mol. The van der Waals surface area contributed by atoms with E-state index in [-0.39, 0.29) is 0 Å². The maximum atomic E-state index is 2.10. The van der Waals surface area contributed by atoms with E-state index in [1.54, 1.807) is 0 Å². The van der Waals surface area contributed by atoms with Crippen LogP contribution in [0.3, 0.4) is 0 Å². The normalized spacial score (nSPS) is 12.2. The predicted octanol–water partition coefficient (Wildman–Crippen LogP) is 0.543. The van der Waals surface area contributed by atoms with Gasteiger partial charge in [-0.15, -0.1) is 0 Å². The van der Waals surface area contributed by atoms with E-state index < -0.39 is 0 Å². The van der Waals surface area contributed by atoms with Crippen LogP contribution < -0.4 is 0 Å². The Morgan fingerprint density at radius 2 is 2.00 bits per heavy atom. The minimum atomic E-state index is 1.41. The zero-order valence-corrected chi connectivity index (χ0v) is 5.20. The fourth-order valence-electron chi connectivity index (χ4n) is 0. The lowest BCUT2D eigenvalue weighted by Crippen LogP contribution is -1.62. The van der Waals surface area contributed by atoms with Crippen molar-refractivity contribution in [1.82, 2.24) is 0 Å². The average molecular weight is 85.2 g/mol. The van der Waals surface area contributed by atoms with Crippen LogP contribution in [0.25, 0.3) is 0 Å². The lowest BCUT2D eigenvalue weighted by Gasteiger charge is -1.73. The minimum Gasteiger partial charge on any atom is -0.0979 e. The van der Waals surface area contributed by atoms with Gasteiger partial charge in [0.05, 0.1) is 0 Å². The van der Waals surface area contributed by atoms with E-state index in [1.807, 2.05) is 17.2 Å². The van der Waals surface area contributed by atoms with E-state index in [4.69, 9.17) is 0 Å². The molecule has 5 heavy (non-hydrogen) atoms. The van der Waals surface area contributed by atoms with Gasteiger partial charge in [0.25, 0.3) is 0 Å². The van der Waals surface area contributed by atoms with Gasteiger partial charge in [-0.05, 0) is 13.8 Å². The van der Waals surface area contributed by atoms with Gasteiger partial charge in [0.2, 0.25) is 0 Å². The summed E-state index contributed by atoms with van der Waals surface area (Å²) >= 11 is 0. The number of hydrogen-bond acceptors (Lipinski definition) is 0. The van der Waals surface area contributed by atoms with Crippen molar-refractivity contribution in [3.63, 3.8) is 0 Å². The standard InChI is InChI=1S/C4H9Si/c1-3-4(2)5/h3H,5H2,1-2H3. The first kappa shape index (κ1) is 4.96. The molecule has 0 aliphatic heterocycles. The molecule has 1 heteroatoms. The van der Waals surface area contributed by atoms with Crippen molar-refractivity contribution < 1.29 is 0 Å². The molecule has 0 amide bonds. The second-order valence-corrected chi connectivity index (χ2v) is 2.25. The van der Waals surface area contributed by atoms with E-state index in [2.05, 4.69) is 13.0 Å². The highest BCUT2D eigenvalue weighted by Gasteiger charge is 1.61. The van der Waals surface area contributed by atoms with Gasteiger partial charge in [-0.3, -0.25) is 0 Å². The molecule has 0 spiro atoms. The predicted molar refractivity (Wildman–Crippen MR) is 28.0 cm³/mol. The van der Waals surface area contributed by atoms with E-state index >= 15 is 0 Å². The summed E-state index contributed by atoms with van der Waals surface area (Å²) in [6, 6.07) is 0. The summed E-state index contributed by atoms with van der Waals surface area (Å²) in [6.45, 7) is 4.14. The first-order valence-electron chi connectivity index (χ1n) is 1.72. The summed E-state index contributed by atoms with van der Waals surface area (Å²) < 4.78 is 0. The molecule has 0 nitrogen and oxygen atoms in total. The van der Waals surface area contributed by atoms with Gasteiger partial charge in [0.1, 0.15) is 0 Å². The SMILES string of the molecule is CC=C(C)[SiH2]. The Hall–Kier alpha value is -0.0431. The molecule has 1 radical (unpaired) electrons. The lowest BCUT2D eigenvalue weighted by atomic mass is 10.6. The summed E-state index contributed by atoms with van der Waals surface area (Å²) in [6.07, 6.45) is 2.10. The van der Waals surface area contributed by atoms with E-state index in [0.717, 1.165) is 0 Å². The first-order chi connectivity index (χ1) is 2.27. The second kappa shape index (κ2) is 2.21. The van der Waals surface area contributed by atoms with Gasteiger partial charge in [-0.25, -0.2) is 0 Å². The molecule has 0 rings (SSSR count). The molecule has 0 unspecified atom stereocenters. The van der Waals surface area contributed by atoms with Crippen LogP contribution in [-0.4, -0.2) is 10.2 Å². The zero-order valence-electron chi connectivity index (χ0n) is 3.78. The molecule has 0 aliphatic rings. The topological polar surface area (TPSA) is 0 Å². The molecule has 0 aromatic rings. The van der Waals surface area contributed by atoms with Crippen molar-refractivity contribution in [2.24, 2.45) is 0 Å². The van der Waals surface area contributed by atoms with Crippen molar-refractivity contribution in [2.45, 2.75) is 13.8 Å². The highest BCUT2D eigenvalue weighted by molar-refractivity contribution is 6.21. The maximum absolute atomic E-state index is 2.10. The quantitative estimate of drug-likeness (QED) is 0.377. The number of hydrogen-bond donors (Lipinski definition) is 0. The Balaban J connectivity index is 3.14. The Labute approximate surface area is 36.3 Å². The fraction of sp³-hybridized carbons (Fsp3) is 0.500. The van der Waals surface area contributed by atoms with Gasteiger partial charge in [-0.2, -0.15) is 0 Å². The van der Waals surface area contributed by atoms with Crippen LogP contribution in [0.1, 0.15) is 13.8 Å². The number of allylic oxidation sites excluding steroid dienone is 2. The summed E-state index contributed by atoms with van der Waals surface area (Å²) in [7, 11) is 1.91. The third-order valence-electron chi connectivity index (χ3n) is 0.493. The van der Waals surface area contributed by atoms with E-state index in [0.29, 0.717) is 0 Å². The van der Waals surface area contributed by atoms with Crippen LogP contribution in [0.4, 0.5) is 0 Å². The second-order valence-electron chi connectivity index (χ2n) is 1.14. The molecule has 0 saturated heterocycles. The van der Waals surface area contributed by atoms with Gasteiger partial charge in [0.15, 0.2) is 0 Å². The Morgan fingerprint density at radius 1 is 1.80 bits per heavy atom. The highest BCUT2D eigenvalue weighted by Crippen LogP contribution is 1.76. The minimum absolute atomic E-state index is 1.41. The van der Waals surface area contributed by atoms with Crippen molar-refractivity contribution in [3.05, 3.63) is 11.3 Å². The van der Waals surface area contributed by atoms with Crippen molar-refractivity contribution in [3.8, 4) is 0 Å². The molecule has 0 bridgehead atoms. The first-order valence-corrected chi connectivity index (χ1v) is 2.43. The Morgan fingerprint density at radius 3 is 2.00 bits per heavy atom. The number of rotatable bonds is 0. The van der Waals surface area contributed by atoms with Crippen molar-refractivity contribution >= 4 is 10.2 Å². The van der Waals surface area contributed by atoms with Gasteiger partial charge < -0.3 is 0 Å². The largest absolute Gasteiger partial charge is 0.0979 e. The molecule has 0 aromatic heterocycles. The smallest absolute Gasteiger partial charge is 0.0414 e. The molecule has 0 aromatic carbocycles. The average Bonchev–Trinajstić information content (AvgIpc) is 1.38. The Kier molecular flexibility index (Phi) is 2.19. The lowest BCUT2D eigenvalue weighted by molar-refractivity contribution is 1.59.